The van der Waals surface area contributed by atoms with E-state index >= 15 is 0 Å². The monoisotopic (exact) mass is 634 g/mol. The largest absolute Gasteiger partial charge is 0.326 e. The van der Waals surface area contributed by atoms with E-state index in [1.54, 1.807) is 0 Å². The minimum absolute atomic E-state index is 0.0926. The maximum absolute atomic E-state index is 12.9. The molecule has 230 valence electrons. The van der Waals surface area contributed by atoms with Crippen molar-refractivity contribution in [1.29, 1.82) is 0 Å². The number of hydrogen-bond donors (Lipinski definition) is 2. The van der Waals surface area contributed by atoms with Gasteiger partial charge in [-0.2, -0.15) is 8.61 Å². The first-order valence-electron chi connectivity index (χ1n) is 13.8. The first-order chi connectivity index (χ1) is 20.9. The van der Waals surface area contributed by atoms with E-state index in [1.807, 2.05) is 60.7 Å². The standard InChI is InChI=1S/C32H34N4O6S2/c1-35(23-25-9-5-3-6-10-25)43(39,40)29-17-13-27(14-18-29)33-31(37)21-22-32(38)34-28-15-19-30(20-16-28)44(41,42)36(2)24-26-11-7-4-8-12-26/h3-20H,21-24H2,1-2H3,(H,33,37)(H,34,38). The molecule has 2 amide bonds. The van der Waals surface area contributed by atoms with Gasteiger partial charge in [-0.25, -0.2) is 16.8 Å². The van der Waals surface area contributed by atoms with Gasteiger partial charge in [0.15, 0.2) is 0 Å². The van der Waals surface area contributed by atoms with Crippen molar-refractivity contribution in [3.63, 3.8) is 0 Å². The van der Waals surface area contributed by atoms with Crippen molar-refractivity contribution in [3.8, 4) is 0 Å². The summed E-state index contributed by atoms with van der Waals surface area (Å²) in [6.07, 6.45) is -0.217. The van der Waals surface area contributed by atoms with Crippen LogP contribution in [0, 0.1) is 0 Å². The zero-order chi connectivity index (χ0) is 31.7. The van der Waals surface area contributed by atoms with Gasteiger partial charge < -0.3 is 10.6 Å². The van der Waals surface area contributed by atoms with Crippen LogP contribution >= 0.6 is 0 Å². The third kappa shape index (κ3) is 8.60. The Balaban J connectivity index is 1.25. The predicted octanol–water partition coefficient (Wildman–Crippen LogP) is 4.69. The number of nitrogens with one attached hydrogen (secondary N) is 2. The van der Waals surface area contributed by atoms with Gasteiger partial charge in [0.25, 0.3) is 0 Å². The van der Waals surface area contributed by atoms with Gasteiger partial charge in [0.1, 0.15) is 0 Å². The quantitative estimate of drug-likeness (QED) is 0.219. The molecule has 2 N–H and O–H groups in total. The molecule has 0 spiro atoms. The molecule has 0 aliphatic heterocycles. The number of amides is 2. The Hall–Kier alpha value is -4.36. The van der Waals surface area contributed by atoms with Crippen LogP contribution in [0.3, 0.4) is 0 Å². The minimum Gasteiger partial charge on any atom is -0.326 e. The van der Waals surface area contributed by atoms with E-state index in [9.17, 15) is 26.4 Å². The Bertz CT molecular complexity index is 1650. The molecule has 0 aliphatic rings. The Kier molecular flexibility index (Phi) is 10.7. The zero-order valence-electron chi connectivity index (χ0n) is 24.4. The number of rotatable bonds is 13. The molecule has 0 atom stereocenters. The molecule has 0 saturated carbocycles. The third-order valence-electron chi connectivity index (χ3n) is 6.77. The average Bonchev–Trinajstić information content (AvgIpc) is 3.01. The molecule has 0 aromatic heterocycles. The lowest BCUT2D eigenvalue weighted by Crippen LogP contribution is -2.26. The minimum atomic E-state index is -3.73. The van der Waals surface area contributed by atoms with Gasteiger partial charge in [-0.3, -0.25) is 9.59 Å². The smallest absolute Gasteiger partial charge is 0.243 e. The lowest BCUT2D eigenvalue weighted by Gasteiger charge is -2.17. The van der Waals surface area contributed by atoms with Crippen LogP contribution in [0.25, 0.3) is 0 Å². The van der Waals surface area contributed by atoms with E-state index in [0.717, 1.165) is 11.1 Å². The number of nitrogens with zero attached hydrogens (tertiary/aromatic N) is 2. The molecule has 0 aliphatic carbocycles. The van der Waals surface area contributed by atoms with Crippen LogP contribution in [0.4, 0.5) is 11.4 Å². The second-order valence-corrected chi connectivity index (χ2v) is 14.2. The highest BCUT2D eigenvalue weighted by Gasteiger charge is 2.22. The number of benzene rings is 4. The van der Waals surface area contributed by atoms with Crippen molar-refractivity contribution in [2.45, 2.75) is 35.7 Å². The zero-order valence-corrected chi connectivity index (χ0v) is 26.0. The van der Waals surface area contributed by atoms with Crippen LogP contribution in [0.1, 0.15) is 24.0 Å². The van der Waals surface area contributed by atoms with Gasteiger partial charge >= 0.3 is 0 Å². The van der Waals surface area contributed by atoms with Gasteiger partial charge in [0, 0.05) is 51.4 Å². The number of carbonyl (C=O) groups is 2. The first kappa shape index (κ1) is 32.6. The molecule has 0 heterocycles. The summed E-state index contributed by atoms with van der Waals surface area (Å²) in [7, 11) is -4.45. The van der Waals surface area contributed by atoms with E-state index in [1.165, 1.54) is 71.2 Å². The summed E-state index contributed by atoms with van der Waals surface area (Å²) in [5, 5.41) is 5.32. The molecular formula is C32H34N4O6S2. The maximum atomic E-state index is 12.9. The van der Waals surface area contributed by atoms with Crippen LogP contribution in [0.5, 0.6) is 0 Å². The normalized spacial score (nSPS) is 11.8. The molecule has 4 aromatic rings. The fraction of sp³-hybridized carbons (Fsp3) is 0.188. The van der Waals surface area contributed by atoms with Gasteiger partial charge in [-0.05, 0) is 59.7 Å². The molecule has 0 saturated heterocycles. The van der Waals surface area contributed by atoms with Gasteiger partial charge in [0.2, 0.25) is 31.9 Å². The fourth-order valence-electron chi connectivity index (χ4n) is 4.31. The molecule has 10 nitrogen and oxygen atoms in total. The van der Waals surface area contributed by atoms with Crippen LogP contribution in [0.15, 0.2) is 119 Å². The molecule has 0 radical (unpaired) electrons. The van der Waals surface area contributed by atoms with E-state index in [0.29, 0.717) is 11.4 Å². The Morgan fingerprint density at radius 1 is 0.523 bits per heavy atom. The highest BCUT2D eigenvalue weighted by molar-refractivity contribution is 7.89. The van der Waals surface area contributed by atoms with Crippen molar-refractivity contribution >= 4 is 43.2 Å². The van der Waals surface area contributed by atoms with E-state index < -0.39 is 31.9 Å². The average molecular weight is 635 g/mol. The van der Waals surface area contributed by atoms with E-state index in [-0.39, 0.29) is 35.7 Å². The first-order valence-corrected chi connectivity index (χ1v) is 16.6. The summed E-state index contributed by atoms with van der Waals surface area (Å²) < 4.78 is 54.2. The number of carbonyl (C=O) groups excluding carboxylic acids is 2. The van der Waals surface area contributed by atoms with Crippen molar-refractivity contribution in [2.75, 3.05) is 24.7 Å². The SMILES string of the molecule is CN(Cc1ccccc1)S(=O)(=O)c1ccc(NC(=O)CCC(=O)Nc2ccc(S(=O)(=O)N(C)Cc3ccccc3)cc2)cc1. The summed E-state index contributed by atoms with van der Waals surface area (Å²) in [5.74, 6) is -0.834. The van der Waals surface area contributed by atoms with E-state index in [2.05, 4.69) is 10.6 Å². The summed E-state index contributed by atoms with van der Waals surface area (Å²) >= 11 is 0. The lowest BCUT2D eigenvalue weighted by atomic mass is 10.2. The molecular weight excluding hydrogens is 601 g/mol. The molecule has 0 unspecified atom stereocenters. The molecule has 0 fully saturated rings. The van der Waals surface area contributed by atoms with Crippen molar-refractivity contribution in [1.82, 2.24) is 8.61 Å². The molecule has 4 aromatic carbocycles. The molecule has 0 bridgehead atoms. The van der Waals surface area contributed by atoms with Gasteiger partial charge in [-0.1, -0.05) is 60.7 Å². The highest BCUT2D eigenvalue weighted by Crippen LogP contribution is 2.21. The Labute approximate surface area is 258 Å². The number of anilines is 2. The second kappa shape index (κ2) is 14.4. The third-order valence-corrected chi connectivity index (χ3v) is 10.4. The van der Waals surface area contributed by atoms with Crippen LogP contribution < -0.4 is 10.6 Å². The van der Waals surface area contributed by atoms with E-state index in [4.69, 9.17) is 0 Å². The summed E-state index contributed by atoms with van der Waals surface area (Å²) in [4.78, 5) is 25.0. The van der Waals surface area contributed by atoms with Gasteiger partial charge in [0.05, 0.1) is 9.79 Å². The predicted molar refractivity (Wildman–Crippen MR) is 170 cm³/mol. The maximum Gasteiger partial charge on any atom is 0.243 e. The van der Waals surface area contributed by atoms with Crippen molar-refractivity contribution < 1.29 is 26.4 Å². The summed E-state index contributed by atoms with van der Waals surface area (Å²) in [6.45, 7) is 0.443. The molecule has 44 heavy (non-hydrogen) atoms. The molecule has 4 rings (SSSR count). The Morgan fingerprint density at radius 2 is 0.841 bits per heavy atom. The van der Waals surface area contributed by atoms with Gasteiger partial charge in [-0.15, -0.1) is 0 Å². The van der Waals surface area contributed by atoms with Crippen molar-refractivity contribution in [2.24, 2.45) is 0 Å². The number of hydrogen-bond acceptors (Lipinski definition) is 6. The van der Waals surface area contributed by atoms with Crippen LogP contribution in [0.2, 0.25) is 0 Å². The highest BCUT2D eigenvalue weighted by atomic mass is 32.2. The topological polar surface area (TPSA) is 133 Å². The van der Waals surface area contributed by atoms with Crippen molar-refractivity contribution in [3.05, 3.63) is 120 Å². The summed E-state index contributed by atoms with van der Waals surface area (Å²) in [6, 6.07) is 30.1. The van der Waals surface area contributed by atoms with Crippen LogP contribution in [-0.2, 0) is 42.7 Å². The summed E-state index contributed by atoms with van der Waals surface area (Å²) in [5.41, 5.74) is 2.51. The lowest BCUT2D eigenvalue weighted by molar-refractivity contribution is -0.121. The van der Waals surface area contributed by atoms with Crippen LogP contribution in [-0.4, -0.2) is 51.4 Å². The number of sulfonamides is 2. The Morgan fingerprint density at radius 3 is 1.16 bits per heavy atom. The second-order valence-electron chi connectivity index (χ2n) is 10.1. The molecule has 12 heteroatoms. The fourth-order valence-corrected chi connectivity index (χ4v) is 6.62.